The van der Waals surface area contributed by atoms with Gasteiger partial charge in [0.25, 0.3) is 5.91 Å². The molecule has 0 bridgehead atoms. The first kappa shape index (κ1) is 26.5. The van der Waals surface area contributed by atoms with Crippen LogP contribution in [0, 0.1) is 5.92 Å². The third-order valence-electron chi connectivity index (χ3n) is 4.38. The van der Waals surface area contributed by atoms with Gasteiger partial charge in [-0.2, -0.15) is 13.2 Å². The van der Waals surface area contributed by atoms with Crippen molar-refractivity contribution in [1.29, 1.82) is 0 Å². The molecule has 11 heteroatoms. The Morgan fingerprint density at radius 2 is 1.87 bits per heavy atom. The van der Waals surface area contributed by atoms with Gasteiger partial charge in [0, 0.05) is 25.3 Å². The molecule has 3 atom stereocenters. The van der Waals surface area contributed by atoms with Crippen molar-refractivity contribution in [2.45, 2.75) is 65.0 Å². The number of aromatic nitrogens is 1. The van der Waals surface area contributed by atoms with Gasteiger partial charge in [-0.3, -0.25) is 4.79 Å². The van der Waals surface area contributed by atoms with Gasteiger partial charge < -0.3 is 24.6 Å². The van der Waals surface area contributed by atoms with E-state index in [1.165, 1.54) is 26.3 Å². The van der Waals surface area contributed by atoms with Crippen LogP contribution in [0.3, 0.4) is 0 Å². The predicted octanol–water partition coefficient (Wildman–Crippen LogP) is 3.23. The maximum absolute atomic E-state index is 12.4. The fourth-order valence-electron chi connectivity index (χ4n) is 2.74. The summed E-state index contributed by atoms with van der Waals surface area (Å²) in [7, 11) is 1.31. The molecule has 8 nitrogen and oxygen atoms in total. The molecule has 0 saturated carbocycles. The normalized spacial score (nSPS) is 14.6. The molecule has 1 rings (SSSR count). The third-order valence-corrected chi connectivity index (χ3v) is 4.38. The quantitative estimate of drug-likeness (QED) is 0.394. The molecule has 1 aromatic heterocycles. The van der Waals surface area contributed by atoms with E-state index < -0.39 is 48.5 Å². The highest BCUT2D eigenvalue weighted by molar-refractivity contribution is 5.97. The second-order valence-corrected chi connectivity index (χ2v) is 7.35. The minimum atomic E-state index is -4.25. The van der Waals surface area contributed by atoms with Gasteiger partial charge in [0.2, 0.25) is 0 Å². The molecule has 0 fully saturated rings. The van der Waals surface area contributed by atoms with E-state index in [4.69, 9.17) is 14.2 Å². The molecule has 0 saturated heterocycles. The number of carbonyl (C=O) groups is 2. The van der Waals surface area contributed by atoms with Gasteiger partial charge in [-0.1, -0.05) is 13.8 Å². The van der Waals surface area contributed by atoms with E-state index in [1.54, 1.807) is 20.8 Å². The van der Waals surface area contributed by atoms with Crippen LogP contribution < -0.4 is 10.1 Å². The van der Waals surface area contributed by atoms with E-state index in [-0.39, 0.29) is 30.4 Å². The standard InChI is InChI=1S/C20H29F3N2O6/c1-11(2)17(13(4)30-10-6-8-20(21,22)23)31-19(28)12(3)25-18(27)15-16(26)14(29-5)7-9-24-15/h7,9,11-13,17,26H,6,8,10H2,1-5H3,(H,25,27)/t12-,13-,17-/m0/s1. The Hall–Kier alpha value is -2.56. The zero-order valence-corrected chi connectivity index (χ0v) is 18.2. The maximum Gasteiger partial charge on any atom is 0.389 e. The van der Waals surface area contributed by atoms with E-state index in [1.807, 2.05) is 0 Å². The van der Waals surface area contributed by atoms with Crippen LogP contribution in [0.25, 0.3) is 0 Å². The highest BCUT2D eigenvalue weighted by Crippen LogP contribution is 2.27. The lowest BCUT2D eigenvalue weighted by Crippen LogP contribution is -2.44. The number of esters is 1. The summed E-state index contributed by atoms with van der Waals surface area (Å²) in [6.45, 7) is 6.41. The number of alkyl halides is 3. The van der Waals surface area contributed by atoms with Crippen LogP contribution >= 0.6 is 0 Å². The van der Waals surface area contributed by atoms with Crippen LogP contribution in [0.15, 0.2) is 12.3 Å². The van der Waals surface area contributed by atoms with Crippen molar-refractivity contribution in [3.8, 4) is 11.5 Å². The van der Waals surface area contributed by atoms with Crippen LogP contribution in [0.1, 0.15) is 51.0 Å². The highest BCUT2D eigenvalue weighted by atomic mass is 19.4. The Balaban J connectivity index is 2.67. The van der Waals surface area contributed by atoms with Gasteiger partial charge in [-0.25, -0.2) is 9.78 Å². The number of nitrogens with one attached hydrogen (secondary N) is 1. The smallest absolute Gasteiger partial charge is 0.389 e. The Labute approximate surface area is 179 Å². The van der Waals surface area contributed by atoms with Crippen LogP contribution in [-0.4, -0.2) is 60.1 Å². The monoisotopic (exact) mass is 450 g/mol. The lowest BCUT2D eigenvalue weighted by Gasteiger charge is -2.28. The molecule has 1 heterocycles. The average molecular weight is 450 g/mol. The summed E-state index contributed by atoms with van der Waals surface area (Å²) < 4.78 is 52.5. The third kappa shape index (κ3) is 8.60. The fourth-order valence-corrected chi connectivity index (χ4v) is 2.74. The molecule has 1 aromatic rings. The van der Waals surface area contributed by atoms with E-state index in [0.29, 0.717) is 0 Å². The van der Waals surface area contributed by atoms with Gasteiger partial charge in [0.15, 0.2) is 17.2 Å². The summed E-state index contributed by atoms with van der Waals surface area (Å²) in [5, 5.41) is 12.4. The minimum absolute atomic E-state index is 0.0479. The van der Waals surface area contributed by atoms with Gasteiger partial charge in [-0.05, 0) is 26.2 Å². The highest BCUT2D eigenvalue weighted by Gasteiger charge is 2.30. The number of amides is 1. The number of halogens is 3. The van der Waals surface area contributed by atoms with Crippen molar-refractivity contribution >= 4 is 11.9 Å². The van der Waals surface area contributed by atoms with Crippen LogP contribution in [0.5, 0.6) is 11.5 Å². The van der Waals surface area contributed by atoms with Gasteiger partial charge in [-0.15, -0.1) is 0 Å². The molecule has 31 heavy (non-hydrogen) atoms. The van der Waals surface area contributed by atoms with E-state index in [9.17, 15) is 27.9 Å². The van der Waals surface area contributed by atoms with Crippen molar-refractivity contribution in [2.24, 2.45) is 5.92 Å². The van der Waals surface area contributed by atoms with Crippen molar-refractivity contribution in [3.63, 3.8) is 0 Å². The number of hydrogen-bond acceptors (Lipinski definition) is 7. The molecule has 176 valence electrons. The molecule has 0 radical (unpaired) electrons. The average Bonchev–Trinajstić information content (AvgIpc) is 2.67. The topological polar surface area (TPSA) is 107 Å². The second kappa shape index (κ2) is 11.7. The number of nitrogens with zero attached hydrogens (tertiary/aromatic N) is 1. The zero-order chi connectivity index (χ0) is 23.8. The van der Waals surface area contributed by atoms with E-state index >= 15 is 0 Å². The summed E-state index contributed by atoms with van der Waals surface area (Å²) >= 11 is 0. The summed E-state index contributed by atoms with van der Waals surface area (Å²) in [5.41, 5.74) is -0.319. The summed E-state index contributed by atoms with van der Waals surface area (Å²) in [6, 6.07) is 0.284. The number of aromatic hydroxyl groups is 1. The second-order valence-electron chi connectivity index (χ2n) is 7.35. The van der Waals surface area contributed by atoms with Crippen LogP contribution in [0.4, 0.5) is 13.2 Å². The molecule has 1 amide bonds. The lowest BCUT2D eigenvalue weighted by atomic mass is 10.0. The van der Waals surface area contributed by atoms with E-state index in [0.717, 1.165) is 0 Å². The Morgan fingerprint density at radius 1 is 1.23 bits per heavy atom. The SMILES string of the molecule is COc1ccnc(C(=O)N[C@@H](C)C(=O)O[C@@H](C(C)C)[C@H](C)OCCCC(F)(F)F)c1O. The van der Waals surface area contributed by atoms with Crippen molar-refractivity contribution in [1.82, 2.24) is 10.3 Å². The Bertz CT molecular complexity index is 742. The van der Waals surface area contributed by atoms with E-state index in [2.05, 4.69) is 10.3 Å². The molecule has 0 unspecified atom stereocenters. The first-order valence-electron chi connectivity index (χ1n) is 9.79. The summed E-state index contributed by atoms with van der Waals surface area (Å²) in [5.74, 6) is -2.18. The fraction of sp³-hybridized carbons (Fsp3) is 0.650. The molecule has 0 aliphatic carbocycles. The summed E-state index contributed by atoms with van der Waals surface area (Å²) in [6.07, 6.45) is -5.53. The molecule has 0 aromatic carbocycles. The van der Waals surface area contributed by atoms with Crippen molar-refractivity contribution in [2.75, 3.05) is 13.7 Å². The van der Waals surface area contributed by atoms with Crippen molar-refractivity contribution < 1.29 is 42.1 Å². The predicted molar refractivity (Wildman–Crippen MR) is 105 cm³/mol. The number of ether oxygens (including phenoxy) is 3. The summed E-state index contributed by atoms with van der Waals surface area (Å²) in [4.78, 5) is 28.6. The largest absolute Gasteiger partial charge is 0.503 e. The first-order valence-corrected chi connectivity index (χ1v) is 9.79. The number of hydrogen-bond donors (Lipinski definition) is 2. The zero-order valence-electron chi connectivity index (χ0n) is 18.2. The first-order chi connectivity index (χ1) is 14.4. The molecular weight excluding hydrogens is 421 g/mol. The number of rotatable bonds is 11. The number of carbonyl (C=O) groups excluding carboxylic acids is 2. The van der Waals surface area contributed by atoms with Crippen LogP contribution in [-0.2, 0) is 14.3 Å². The number of pyridine rings is 1. The van der Waals surface area contributed by atoms with Crippen LogP contribution in [0.2, 0.25) is 0 Å². The number of methoxy groups -OCH3 is 1. The minimum Gasteiger partial charge on any atom is -0.503 e. The molecule has 0 spiro atoms. The Morgan fingerprint density at radius 3 is 2.42 bits per heavy atom. The maximum atomic E-state index is 12.4. The van der Waals surface area contributed by atoms with Gasteiger partial charge >= 0.3 is 12.1 Å². The van der Waals surface area contributed by atoms with Gasteiger partial charge in [0.05, 0.1) is 13.2 Å². The molecule has 0 aliphatic rings. The molecule has 0 aliphatic heterocycles. The van der Waals surface area contributed by atoms with Crippen molar-refractivity contribution in [3.05, 3.63) is 18.0 Å². The molecular formula is C20H29F3N2O6. The Kier molecular flexibility index (Phi) is 10.0. The van der Waals surface area contributed by atoms with Gasteiger partial charge in [0.1, 0.15) is 12.1 Å². The lowest BCUT2D eigenvalue weighted by molar-refractivity contribution is -0.164. The molecule has 2 N–H and O–H groups in total.